The number of carbonyl (C=O) groups excluding carboxylic acids is 1. The second kappa shape index (κ2) is 4.63. The molecule has 2 N–H and O–H groups in total. The van der Waals surface area contributed by atoms with Crippen molar-refractivity contribution in [2.75, 3.05) is 13.1 Å². The van der Waals surface area contributed by atoms with Gasteiger partial charge in [0.25, 0.3) is 0 Å². The maximum absolute atomic E-state index is 11.7. The van der Waals surface area contributed by atoms with Crippen LogP contribution >= 0.6 is 0 Å². The number of piperidine rings is 1. The van der Waals surface area contributed by atoms with Crippen molar-refractivity contribution < 1.29 is 18.0 Å². The van der Waals surface area contributed by atoms with Gasteiger partial charge in [0.2, 0.25) is 5.91 Å². The minimum absolute atomic E-state index is 0.453. The van der Waals surface area contributed by atoms with Gasteiger partial charge in [0.05, 0.1) is 6.04 Å². The number of hydrogen-bond donors (Lipinski definition) is 2. The number of alkyl halides is 3. The van der Waals surface area contributed by atoms with Crippen LogP contribution in [0.1, 0.15) is 19.3 Å². The molecule has 1 rings (SSSR count). The summed E-state index contributed by atoms with van der Waals surface area (Å²) in [6.07, 6.45) is -1.85. The predicted molar refractivity (Wildman–Crippen MR) is 44.7 cm³/mol. The van der Waals surface area contributed by atoms with Crippen LogP contribution in [0.15, 0.2) is 0 Å². The van der Waals surface area contributed by atoms with E-state index in [9.17, 15) is 18.0 Å². The second-order valence-electron chi connectivity index (χ2n) is 3.34. The maximum Gasteiger partial charge on any atom is 0.405 e. The molecule has 1 fully saturated rings. The summed E-state index contributed by atoms with van der Waals surface area (Å²) >= 11 is 0. The smallest absolute Gasteiger partial charge is 0.346 e. The van der Waals surface area contributed by atoms with Gasteiger partial charge in [0.1, 0.15) is 6.54 Å². The molecule has 3 nitrogen and oxygen atoms in total. The van der Waals surface area contributed by atoms with Crippen LogP contribution in [0.25, 0.3) is 0 Å². The monoisotopic (exact) mass is 210 g/mol. The third-order valence-electron chi connectivity index (χ3n) is 2.09. The zero-order valence-corrected chi connectivity index (χ0v) is 7.66. The third-order valence-corrected chi connectivity index (χ3v) is 2.09. The molecule has 14 heavy (non-hydrogen) atoms. The summed E-state index contributed by atoms with van der Waals surface area (Å²) in [4.78, 5) is 11.2. The van der Waals surface area contributed by atoms with Crippen molar-refractivity contribution in [3.8, 4) is 0 Å². The molecule has 0 aromatic rings. The number of hydrogen-bond acceptors (Lipinski definition) is 2. The number of rotatable bonds is 2. The molecule has 1 aliphatic heterocycles. The molecule has 0 aliphatic carbocycles. The van der Waals surface area contributed by atoms with Gasteiger partial charge in [0.15, 0.2) is 0 Å². The van der Waals surface area contributed by atoms with Crippen LogP contribution in [0.2, 0.25) is 0 Å². The van der Waals surface area contributed by atoms with E-state index in [-0.39, 0.29) is 0 Å². The summed E-state index contributed by atoms with van der Waals surface area (Å²) in [6.45, 7) is -0.548. The van der Waals surface area contributed by atoms with Crippen LogP contribution in [-0.2, 0) is 4.79 Å². The molecule has 0 aromatic carbocycles. The first kappa shape index (κ1) is 11.3. The largest absolute Gasteiger partial charge is 0.405 e. The molecule has 6 heteroatoms. The maximum atomic E-state index is 11.7. The van der Waals surface area contributed by atoms with Gasteiger partial charge in [-0.25, -0.2) is 0 Å². The molecule has 0 bridgehead atoms. The fourth-order valence-corrected chi connectivity index (χ4v) is 1.39. The summed E-state index contributed by atoms with van der Waals surface area (Å²) in [5.74, 6) is -0.554. The van der Waals surface area contributed by atoms with Gasteiger partial charge in [0, 0.05) is 0 Å². The number of nitrogens with one attached hydrogen (secondary N) is 2. The normalized spacial score (nSPS) is 23.2. The van der Waals surface area contributed by atoms with Crippen LogP contribution < -0.4 is 10.6 Å². The molecular formula is C8H13F3N2O. The fraction of sp³-hybridized carbons (Fsp3) is 0.875. The molecule has 1 saturated heterocycles. The van der Waals surface area contributed by atoms with Crippen molar-refractivity contribution >= 4 is 5.91 Å². The Labute approximate surface area is 80.0 Å². The Morgan fingerprint density at radius 1 is 1.43 bits per heavy atom. The lowest BCUT2D eigenvalue weighted by Crippen LogP contribution is -2.48. The van der Waals surface area contributed by atoms with Gasteiger partial charge in [-0.15, -0.1) is 0 Å². The molecule has 82 valence electrons. The summed E-state index contributed by atoms with van der Waals surface area (Å²) in [5, 5.41) is 4.74. The standard InChI is InChI=1S/C8H13F3N2O/c9-8(10,11)5-13-7(14)6-3-1-2-4-12-6/h6,12H,1-5H2,(H,13,14). The molecule has 1 amide bonds. The van der Waals surface area contributed by atoms with Gasteiger partial charge in [-0.3, -0.25) is 4.79 Å². The van der Waals surface area contributed by atoms with Crippen molar-refractivity contribution in [3.63, 3.8) is 0 Å². The number of carbonyl (C=O) groups is 1. The molecule has 1 atom stereocenters. The van der Waals surface area contributed by atoms with E-state index in [0.717, 1.165) is 12.8 Å². The first-order chi connectivity index (χ1) is 6.49. The molecule has 1 unspecified atom stereocenters. The second-order valence-corrected chi connectivity index (χ2v) is 3.34. The summed E-state index contributed by atoms with van der Waals surface area (Å²) in [6, 6.07) is -0.453. The van der Waals surface area contributed by atoms with Gasteiger partial charge in [-0.2, -0.15) is 13.2 Å². The Kier molecular flexibility index (Phi) is 3.74. The summed E-state index contributed by atoms with van der Waals surface area (Å²) in [5.41, 5.74) is 0. The Hall–Kier alpha value is -0.780. The van der Waals surface area contributed by atoms with Crippen LogP contribution in [0, 0.1) is 0 Å². The molecule has 0 radical (unpaired) electrons. The van der Waals surface area contributed by atoms with E-state index in [4.69, 9.17) is 0 Å². The van der Waals surface area contributed by atoms with E-state index in [2.05, 4.69) is 5.32 Å². The highest BCUT2D eigenvalue weighted by atomic mass is 19.4. The van der Waals surface area contributed by atoms with Gasteiger partial charge >= 0.3 is 6.18 Å². The minimum atomic E-state index is -4.33. The van der Waals surface area contributed by atoms with E-state index in [1.165, 1.54) is 0 Å². The predicted octanol–water partition coefficient (Wildman–Crippen LogP) is 0.807. The van der Waals surface area contributed by atoms with Crippen molar-refractivity contribution in [2.45, 2.75) is 31.5 Å². The molecule has 0 aromatic heterocycles. The lowest BCUT2D eigenvalue weighted by molar-refractivity contribution is -0.139. The van der Waals surface area contributed by atoms with Crippen LogP contribution in [0.5, 0.6) is 0 Å². The van der Waals surface area contributed by atoms with Gasteiger partial charge in [-0.1, -0.05) is 6.42 Å². The number of halogens is 3. The lowest BCUT2D eigenvalue weighted by atomic mass is 10.0. The highest BCUT2D eigenvalue weighted by Gasteiger charge is 2.29. The van der Waals surface area contributed by atoms with Crippen LogP contribution in [0.4, 0.5) is 13.2 Å². The van der Waals surface area contributed by atoms with E-state index < -0.39 is 24.7 Å². The topological polar surface area (TPSA) is 41.1 Å². The molecular weight excluding hydrogens is 197 g/mol. The van der Waals surface area contributed by atoms with Crippen LogP contribution in [0.3, 0.4) is 0 Å². The Morgan fingerprint density at radius 2 is 2.14 bits per heavy atom. The zero-order chi connectivity index (χ0) is 10.6. The zero-order valence-electron chi connectivity index (χ0n) is 7.66. The average molecular weight is 210 g/mol. The first-order valence-electron chi connectivity index (χ1n) is 4.57. The SMILES string of the molecule is O=C(NCC(F)(F)F)C1CCCCN1. The molecule has 0 saturated carbocycles. The van der Waals surface area contributed by atoms with Crippen molar-refractivity contribution in [3.05, 3.63) is 0 Å². The minimum Gasteiger partial charge on any atom is -0.346 e. The average Bonchev–Trinajstić information content (AvgIpc) is 2.14. The van der Waals surface area contributed by atoms with E-state index >= 15 is 0 Å². The molecule has 1 heterocycles. The van der Waals surface area contributed by atoms with Crippen molar-refractivity contribution in [2.24, 2.45) is 0 Å². The fourth-order valence-electron chi connectivity index (χ4n) is 1.39. The van der Waals surface area contributed by atoms with Gasteiger partial charge < -0.3 is 10.6 Å². The van der Waals surface area contributed by atoms with E-state index in [1.54, 1.807) is 0 Å². The highest BCUT2D eigenvalue weighted by molar-refractivity contribution is 5.81. The Balaban J connectivity index is 2.27. The lowest BCUT2D eigenvalue weighted by Gasteiger charge is -2.22. The van der Waals surface area contributed by atoms with E-state index in [0.29, 0.717) is 13.0 Å². The van der Waals surface area contributed by atoms with E-state index in [1.807, 2.05) is 5.32 Å². The van der Waals surface area contributed by atoms with Crippen molar-refractivity contribution in [1.29, 1.82) is 0 Å². The summed E-state index contributed by atoms with van der Waals surface area (Å²) in [7, 11) is 0. The Morgan fingerprint density at radius 3 is 2.64 bits per heavy atom. The summed E-state index contributed by atoms with van der Waals surface area (Å²) < 4.78 is 35.2. The quantitative estimate of drug-likeness (QED) is 0.708. The van der Waals surface area contributed by atoms with Crippen LogP contribution in [-0.4, -0.2) is 31.2 Å². The highest BCUT2D eigenvalue weighted by Crippen LogP contribution is 2.13. The first-order valence-corrected chi connectivity index (χ1v) is 4.57. The van der Waals surface area contributed by atoms with Gasteiger partial charge in [-0.05, 0) is 19.4 Å². The number of amides is 1. The Bertz CT molecular complexity index is 199. The molecule has 1 aliphatic rings. The molecule has 0 spiro atoms. The van der Waals surface area contributed by atoms with Crippen molar-refractivity contribution in [1.82, 2.24) is 10.6 Å². The third kappa shape index (κ3) is 3.95.